The number of sulfonamides is 1. The molecule has 0 aliphatic carbocycles. The summed E-state index contributed by atoms with van der Waals surface area (Å²) in [7, 11) is -3.78. The van der Waals surface area contributed by atoms with Crippen molar-refractivity contribution < 1.29 is 12.8 Å². The normalized spacial score (nSPS) is 15.7. The number of piperazine rings is 1. The van der Waals surface area contributed by atoms with E-state index in [4.69, 9.17) is 11.6 Å². The van der Waals surface area contributed by atoms with Gasteiger partial charge in [0, 0.05) is 39.3 Å². The van der Waals surface area contributed by atoms with E-state index >= 15 is 0 Å². The molecule has 1 heterocycles. The minimum atomic E-state index is -3.78. The Morgan fingerprint density at radius 2 is 1.91 bits per heavy atom. The van der Waals surface area contributed by atoms with E-state index in [-0.39, 0.29) is 41.3 Å². The summed E-state index contributed by atoms with van der Waals surface area (Å²) < 4.78 is 39.7. The molecule has 0 saturated carbocycles. The number of hydrogen-bond acceptors (Lipinski definition) is 4. The zero-order chi connectivity index (χ0) is 14.6. The first-order chi connectivity index (χ1) is 9.49. The van der Waals surface area contributed by atoms with Gasteiger partial charge < -0.3 is 5.32 Å². The van der Waals surface area contributed by atoms with E-state index in [0.717, 1.165) is 38.3 Å². The predicted octanol–water partition coefficient (Wildman–Crippen LogP) is 1.51. The second kappa shape index (κ2) is 9.87. The SMILES string of the molecule is Cl.Cl.O=S(=O)(NCCN1CCNCC1)c1cc(F)ccc1Cl. The Morgan fingerprint density at radius 1 is 1.27 bits per heavy atom. The quantitative estimate of drug-likeness (QED) is 0.795. The van der Waals surface area contributed by atoms with Crippen LogP contribution in [0.4, 0.5) is 4.39 Å². The number of nitrogens with zero attached hydrogens (tertiary/aromatic N) is 1. The minimum Gasteiger partial charge on any atom is -0.314 e. The molecule has 2 N–H and O–H groups in total. The zero-order valence-electron chi connectivity index (χ0n) is 11.7. The molecule has 2 rings (SSSR count). The van der Waals surface area contributed by atoms with Crippen LogP contribution >= 0.6 is 36.4 Å². The summed E-state index contributed by atoms with van der Waals surface area (Å²) in [5.74, 6) is -0.628. The summed E-state index contributed by atoms with van der Waals surface area (Å²) in [6.07, 6.45) is 0. The lowest BCUT2D eigenvalue weighted by molar-refractivity contribution is 0.245. The molecule has 0 aromatic heterocycles. The molecule has 1 aliphatic heterocycles. The Hall–Kier alpha value is -0.150. The van der Waals surface area contributed by atoms with Crippen molar-refractivity contribution >= 4 is 46.4 Å². The topological polar surface area (TPSA) is 61.4 Å². The molecule has 0 spiro atoms. The average molecular weight is 395 g/mol. The molecule has 1 fully saturated rings. The molecule has 0 unspecified atom stereocenters. The highest BCUT2D eigenvalue weighted by Gasteiger charge is 2.19. The maximum Gasteiger partial charge on any atom is 0.242 e. The molecule has 10 heteroatoms. The molecule has 0 bridgehead atoms. The smallest absolute Gasteiger partial charge is 0.242 e. The summed E-state index contributed by atoms with van der Waals surface area (Å²) in [4.78, 5) is 1.94. The van der Waals surface area contributed by atoms with E-state index in [0.29, 0.717) is 6.54 Å². The zero-order valence-corrected chi connectivity index (χ0v) is 14.9. The maximum atomic E-state index is 13.1. The lowest BCUT2D eigenvalue weighted by atomic mass is 10.3. The molecule has 5 nitrogen and oxygen atoms in total. The molecular weight excluding hydrogens is 376 g/mol. The summed E-state index contributed by atoms with van der Waals surface area (Å²) >= 11 is 5.80. The van der Waals surface area contributed by atoms with Crippen molar-refractivity contribution in [2.75, 3.05) is 39.3 Å². The largest absolute Gasteiger partial charge is 0.314 e. The van der Waals surface area contributed by atoms with Crippen molar-refractivity contribution in [3.63, 3.8) is 0 Å². The van der Waals surface area contributed by atoms with Gasteiger partial charge in [0.05, 0.1) is 5.02 Å². The van der Waals surface area contributed by atoms with Crippen molar-refractivity contribution in [2.45, 2.75) is 4.90 Å². The fourth-order valence-electron chi connectivity index (χ4n) is 2.03. The summed E-state index contributed by atoms with van der Waals surface area (Å²) in [6, 6.07) is 3.29. The van der Waals surface area contributed by atoms with E-state index in [1.165, 1.54) is 6.07 Å². The average Bonchev–Trinajstić information content (AvgIpc) is 2.42. The van der Waals surface area contributed by atoms with Gasteiger partial charge in [-0.05, 0) is 18.2 Å². The predicted molar refractivity (Wildman–Crippen MR) is 90.4 cm³/mol. The first kappa shape index (κ1) is 21.9. The Balaban J connectivity index is 0.00000220. The Bertz CT molecular complexity index is 569. The monoisotopic (exact) mass is 393 g/mol. The van der Waals surface area contributed by atoms with Crippen molar-refractivity contribution in [1.29, 1.82) is 0 Å². The van der Waals surface area contributed by atoms with Crippen LogP contribution in [0, 0.1) is 5.82 Å². The van der Waals surface area contributed by atoms with Crippen LogP contribution in [0.3, 0.4) is 0 Å². The van der Waals surface area contributed by atoms with Crippen molar-refractivity contribution in [1.82, 2.24) is 14.9 Å². The summed E-state index contributed by atoms with van der Waals surface area (Å²) in [6.45, 7) is 4.48. The van der Waals surface area contributed by atoms with Gasteiger partial charge in [0.25, 0.3) is 0 Å². The van der Waals surface area contributed by atoms with Gasteiger partial charge in [0.1, 0.15) is 10.7 Å². The van der Waals surface area contributed by atoms with Crippen molar-refractivity contribution in [2.24, 2.45) is 0 Å². The van der Waals surface area contributed by atoms with Crippen molar-refractivity contribution in [3.8, 4) is 0 Å². The second-order valence-corrected chi connectivity index (χ2v) is 6.71. The number of nitrogens with one attached hydrogen (secondary N) is 2. The van der Waals surface area contributed by atoms with Gasteiger partial charge in [-0.2, -0.15) is 0 Å². The number of rotatable bonds is 5. The van der Waals surface area contributed by atoms with E-state index in [2.05, 4.69) is 14.9 Å². The van der Waals surface area contributed by atoms with Crippen LogP contribution in [0.15, 0.2) is 23.1 Å². The lowest BCUT2D eigenvalue weighted by Crippen LogP contribution is -2.46. The van der Waals surface area contributed by atoms with Gasteiger partial charge in [-0.15, -0.1) is 24.8 Å². The molecule has 0 radical (unpaired) electrons. The molecule has 128 valence electrons. The Labute approximate surface area is 147 Å². The van der Waals surface area contributed by atoms with Gasteiger partial charge in [-0.1, -0.05) is 11.6 Å². The van der Waals surface area contributed by atoms with Crippen molar-refractivity contribution in [3.05, 3.63) is 29.0 Å². The van der Waals surface area contributed by atoms with Gasteiger partial charge in [0.15, 0.2) is 0 Å². The van der Waals surface area contributed by atoms with Crippen LogP contribution in [0.5, 0.6) is 0 Å². The third-order valence-corrected chi connectivity index (χ3v) is 5.06. The highest BCUT2D eigenvalue weighted by Crippen LogP contribution is 2.21. The van der Waals surface area contributed by atoms with Crippen LogP contribution in [-0.4, -0.2) is 52.6 Å². The first-order valence-corrected chi connectivity index (χ1v) is 8.23. The van der Waals surface area contributed by atoms with Gasteiger partial charge in [-0.3, -0.25) is 4.90 Å². The molecule has 1 saturated heterocycles. The second-order valence-electron chi connectivity index (χ2n) is 4.56. The minimum absolute atomic E-state index is 0. The molecule has 0 atom stereocenters. The Kier molecular flexibility index (Phi) is 9.80. The third-order valence-electron chi connectivity index (χ3n) is 3.11. The summed E-state index contributed by atoms with van der Waals surface area (Å²) in [5, 5.41) is 3.24. The van der Waals surface area contributed by atoms with Gasteiger partial charge in [-0.25, -0.2) is 17.5 Å². The molecule has 0 amide bonds. The van der Waals surface area contributed by atoms with Crippen LogP contribution < -0.4 is 10.0 Å². The van der Waals surface area contributed by atoms with E-state index < -0.39 is 15.8 Å². The van der Waals surface area contributed by atoms with Gasteiger partial charge in [0.2, 0.25) is 10.0 Å². The number of halogens is 4. The number of hydrogen-bond donors (Lipinski definition) is 2. The fraction of sp³-hybridized carbons (Fsp3) is 0.500. The molecule has 1 aromatic carbocycles. The summed E-state index contributed by atoms with van der Waals surface area (Å²) in [5.41, 5.74) is 0. The molecule has 1 aliphatic rings. The maximum absolute atomic E-state index is 13.1. The van der Waals surface area contributed by atoms with Crippen LogP contribution in [0.1, 0.15) is 0 Å². The van der Waals surface area contributed by atoms with E-state index in [1.807, 2.05) is 0 Å². The lowest BCUT2D eigenvalue weighted by Gasteiger charge is -2.27. The highest BCUT2D eigenvalue weighted by atomic mass is 35.5. The van der Waals surface area contributed by atoms with Crippen LogP contribution in [-0.2, 0) is 10.0 Å². The molecular formula is C12H19Cl3FN3O2S. The van der Waals surface area contributed by atoms with Crippen LogP contribution in [0.25, 0.3) is 0 Å². The molecule has 22 heavy (non-hydrogen) atoms. The first-order valence-electron chi connectivity index (χ1n) is 6.37. The third kappa shape index (κ3) is 6.16. The Morgan fingerprint density at radius 3 is 2.55 bits per heavy atom. The molecule has 1 aromatic rings. The van der Waals surface area contributed by atoms with E-state index in [9.17, 15) is 12.8 Å². The van der Waals surface area contributed by atoms with Crippen LogP contribution in [0.2, 0.25) is 5.02 Å². The number of benzene rings is 1. The van der Waals surface area contributed by atoms with E-state index in [1.54, 1.807) is 0 Å². The fourth-order valence-corrected chi connectivity index (χ4v) is 3.56. The standard InChI is InChI=1S/C12H17ClFN3O2S.2ClH/c13-11-2-1-10(14)9-12(11)20(18,19)16-5-8-17-6-3-15-4-7-17;;/h1-2,9,15-16H,3-8H2;2*1H. The van der Waals surface area contributed by atoms with Gasteiger partial charge >= 0.3 is 0 Å². The highest BCUT2D eigenvalue weighted by molar-refractivity contribution is 7.89.